The second kappa shape index (κ2) is 7.55. The van der Waals surface area contributed by atoms with E-state index in [2.05, 4.69) is 0 Å². The highest BCUT2D eigenvalue weighted by atomic mass is 32.2. The zero-order valence-corrected chi connectivity index (χ0v) is 15.4. The van der Waals surface area contributed by atoms with Crippen LogP contribution >= 0.6 is 0 Å². The number of carbonyl (C=O) groups excluding carboxylic acids is 1. The van der Waals surface area contributed by atoms with E-state index < -0.39 is 15.8 Å². The maximum atomic E-state index is 13.0. The molecule has 5 nitrogen and oxygen atoms in total. The van der Waals surface area contributed by atoms with Crippen LogP contribution in [-0.4, -0.2) is 49.7 Å². The lowest BCUT2D eigenvalue weighted by Crippen LogP contribution is -2.37. The molecule has 1 saturated heterocycles. The summed E-state index contributed by atoms with van der Waals surface area (Å²) in [4.78, 5) is 14.5. The van der Waals surface area contributed by atoms with Crippen molar-refractivity contribution in [3.05, 3.63) is 65.5 Å². The summed E-state index contributed by atoms with van der Waals surface area (Å²) in [6, 6.07) is 12.2. The number of benzene rings is 2. The number of rotatable bonds is 3. The smallest absolute Gasteiger partial charge is 0.253 e. The van der Waals surface area contributed by atoms with Crippen LogP contribution in [0.1, 0.15) is 22.3 Å². The van der Waals surface area contributed by atoms with Gasteiger partial charge in [-0.1, -0.05) is 17.7 Å². The van der Waals surface area contributed by atoms with E-state index in [9.17, 15) is 17.6 Å². The average Bonchev–Trinajstić information content (AvgIpc) is 2.89. The Labute approximate surface area is 153 Å². The Hall–Kier alpha value is -2.25. The van der Waals surface area contributed by atoms with E-state index >= 15 is 0 Å². The molecule has 0 radical (unpaired) electrons. The van der Waals surface area contributed by atoms with Crippen molar-refractivity contribution in [2.45, 2.75) is 18.2 Å². The molecule has 26 heavy (non-hydrogen) atoms. The molecule has 0 N–H and O–H groups in total. The highest BCUT2D eigenvalue weighted by Crippen LogP contribution is 2.19. The third kappa shape index (κ3) is 3.94. The maximum absolute atomic E-state index is 13.0. The summed E-state index contributed by atoms with van der Waals surface area (Å²) in [5.74, 6) is -0.604. The molecule has 0 spiro atoms. The van der Waals surface area contributed by atoms with Crippen molar-refractivity contribution in [3.63, 3.8) is 0 Å². The Morgan fingerprint density at radius 1 is 0.923 bits per heavy atom. The fourth-order valence-corrected chi connectivity index (χ4v) is 4.44. The first-order valence-corrected chi connectivity index (χ1v) is 9.93. The molecule has 7 heteroatoms. The molecule has 0 aromatic heterocycles. The van der Waals surface area contributed by atoms with Crippen LogP contribution in [0.2, 0.25) is 0 Å². The third-order valence-electron chi connectivity index (χ3n) is 4.49. The van der Waals surface area contributed by atoms with Gasteiger partial charge >= 0.3 is 0 Å². The van der Waals surface area contributed by atoms with E-state index in [0.29, 0.717) is 31.6 Å². The predicted molar refractivity (Wildman–Crippen MR) is 96.9 cm³/mol. The molecule has 1 amide bonds. The number of aryl methyl sites for hydroxylation is 1. The van der Waals surface area contributed by atoms with E-state index in [1.165, 1.54) is 28.6 Å². The van der Waals surface area contributed by atoms with E-state index in [1.807, 2.05) is 6.92 Å². The van der Waals surface area contributed by atoms with Crippen molar-refractivity contribution in [3.8, 4) is 0 Å². The van der Waals surface area contributed by atoms with E-state index in [1.54, 1.807) is 29.2 Å². The number of sulfonamides is 1. The van der Waals surface area contributed by atoms with Crippen molar-refractivity contribution in [1.82, 2.24) is 9.21 Å². The summed E-state index contributed by atoms with van der Waals surface area (Å²) in [6.45, 7) is 3.28. The molecule has 2 aromatic carbocycles. The summed E-state index contributed by atoms with van der Waals surface area (Å²) in [5.41, 5.74) is 1.40. The molecule has 0 aliphatic carbocycles. The lowest BCUT2D eigenvalue weighted by atomic mass is 10.2. The average molecular weight is 376 g/mol. The minimum atomic E-state index is -3.58. The monoisotopic (exact) mass is 376 g/mol. The minimum Gasteiger partial charge on any atom is -0.337 e. The number of halogens is 1. The number of hydrogen-bond donors (Lipinski definition) is 0. The van der Waals surface area contributed by atoms with Gasteiger partial charge in [0.1, 0.15) is 5.82 Å². The van der Waals surface area contributed by atoms with Crippen LogP contribution in [0.25, 0.3) is 0 Å². The van der Waals surface area contributed by atoms with Gasteiger partial charge in [-0.15, -0.1) is 0 Å². The first kappa shape index (κ1) is 18.5. The summed E-state index contributed by atoms with van der Waals surface area (Å²) in [7, 11) is -3.58. The summed E-state index contributed by atoms with van der Waals surface area (Å²) in [5, 5.41) is 0. The molecule has 0 bridgehead atoms. The summed E-state index contributed by atoms with van der Waals surface area (Å²) < 4.78 is 40.1. The van der Waals surface area contributed by atoms with Crippen LogP contribution in [0.4, 0.5) is 4.39 Å². The summed E-state index contributed by atoms with van der Waals surface area (Å²) in [6.07, 6.45) is 0.554. The molecule has 1 aliphatic rings. The van der Waals surface area contributed by atoms with Gasteiger partial charge in [0.15, 0.2) is 0 Å². The molecular weight excluding hydrogens is 355 g/mol. The van der Waals surface area contributed by atoms with Crippen LogP contribution < -0.4 is 0 Å². The third-order valence-corrected chi connectivity index (χ3v) is 6.40. The lowest BCUT2D eigenvalue weighted by molar-refractivity contribution is 0.0764. The van der Waals surface area contributed by atoms with Crippen molar-refractivity contribution < 1.29 is 17.6 Å². The van der Waals surface area contributed by atoms with Crippen LogP contribution in [0.3, 0.4) is 0 Å². The van der Waals surface area contributed by atoms with Gasteiger partial charge in [-0.25, -0.2) is 12.8 Å². The molecule has 0 saturated carbocycles. The van der Waals surface area contributed by atoms with Crippen molar-refractivity contribution in [1.29, 1.82) is 0 Å². The van der Waals surface area contributed by atoms with Gasteiger partial charge in [0.2, 0.25) is 10.0 Å². The second-order valence-electron chi connectivity index (χ2n) is 6.37. The fraction of sp³-hybridized carbons (Fsp3) is 0.316. The van der Waals surface area contributed by atoms with Gasteiger partial charge in [0.05, 0.1) is 4.90 Å². The normalized spacial score (nSPS) is 16.3. The van der Waals surface area contributed by atoms with Gasteiger partial charge in [0, 0.05) is 31.7 Å². The standard InChI is InChI=1S/C19H21FN2O3S/c1-15-3-9-18(10-4-15)26(24,25)22-12-2-11-21(13-14-22)19(23)16-5-7-17(20)8-6-16/h3-10H,2,11-14H2,1H3. The van der Waals surface area contributed by atoms with Gasteiger partial charge in [-0.3, -0.25) is 4.79 Å². The van der Waals surface area contributed by atoms with Crippen molar-refractivity contribution in [2.75, 3.05) is 26.2 Å². The lowest BCUT2D eigenvalue weighted by Gasteiger charge is -2.22. The first-order valence-electron chi connectivity index (χ1n) is 8.49. The number of hydrogen-bond acceptors (Lipinski definition) is 3. The Morgan fingerprint density at radius 3 is 2.23 bits per heavy atom. The van der Waals surface area contributed by atoms with Gasteiger partial charge < -0.3 is 4.90 Å². The highest BCUT2D eigenvalue weighted by molar-refractivity contribution is 7.89. The van der Waals surface area contributed by atoms with E-state index in [-0.39, 0.29) is 17.3 Å². The molecule has 2 aromatic rings. The van der Waals surface area contributed by atoms with Crippen LogP contribution in [0, 0.1) is 12.7 Å². The second-order valence-corrected chi connectivity index (χ2v) is 8.31. The Bertz CT molecular complexity index is 880. The minimum absolute atomic E-state index is 0.209. The number of amides is 1. The molecule has 138 valence electrons. The molecule has 3 rings (SSSR count). The zero-order valence-electron chi connectivity index (χ0n) is 14.6. The van der Waals surface area contributed by atoms with Crippen LogP contribution in [0.5, 0.6) is 0 Å². The van der Waals surface area contributed by atoms with Gasteiger partial charge in [-0.05, 0) is 49.7 Å². The van der Waals surface area contributed by atoms with Gasteiger partial charge in [-0.2, -0.15) is 4.31 Å². The number of carbonyl (C=O) groups is 1. The molecule has 0 unspecified atom stereocenters. The Morgan fingerprint density at radius 2 is 1.58 bits per heavy atom. The highest BCUT2D eigenvalue weighted by Gasteiger charge is 2.28. The SMILES string of the molecule is Cc1ccc(S(=O)(=O)N2CCCN(C(=O)c3ccc(F)cc3)CC2)cc1. The number of nitrogens with zero attached hydrogens (tertiary/aromatic N) is 2. The molecule has 0 atom stereocenters. The molecular formula is C19H21FN2O3S. The molecule has 1 heterocycles. The molecule has 1 fully saturated rings. The van der Waals surface area contributed by atoms with Gasteiger partial charge in [0.25, 0.3) is 5.91 Å². The van der Waals surface area contributed by atoms with Crippen LogP contribution in [-0.2, 0) is 10.0 Å². The summed E-state index contributed by atoms with van der Waals surface area (Å²) >= 11 is 0. The predicted octanol–water partition coefficient (Wildman–Crippen LogP) is 2.67. The molecule has 1 aliphatic heterocycles. The Balaban J connectivity index is 1.72. The Kier molecular flexibility index (Phi) is 5.38. The van der Waals surface area contributed by atoms with E-state index in [4.69, 9.17) is 0 Å². The fourth-order valence-electron chi connectivity index (χ4n) is 2.97. The topological polar surface area (TPSA) is 57.7 Å². The van der Waals surface area contributed by atoms with Crippen LogP contribution in [0.15, 0.2) is 53.4 Å². The maximum Gasteiger partial charge on any atom is 0.253 e. The quantitative estimate of drug-likeness (QED) is 0.828. The first-order chi connectivity index (χ1) is 12.4. The van der Waals surface area contributed by atoms with E-state index in [0.717, 1.165) is 5.56 Å². The largest absolute Gasteiger partial charge is 0.337 e. The van der Waals surface area contributed by atoms with Crippen molar-refractivity contribution >= 4 is 15.9 Å². The zero-order chi connectivity index (χ0) is 18.7. The van der Waals surface area contributed by atoms with Crippen molar-refractivity contribution in [2.24, 2.45) is 0 Å².